The zero-order valence-electron chi connectivity index (χ0n) is 12.8. The molecular weight excluding hydrogens is 254 g/mol. The number of hydrogen-bond donors (Lipinski definition) is 2. The maximum Gasteiger partial charge on any atom is 0.321 e. The molecule has 0 heterocycles. The Balaban J connectivity index is 2.61. The fraction of sp³-hybridized carbons (Fsp3) is 0.533. The van der Waals surface area contributed by atoms with Gasteiger partial charge in [0.15, 0.2) is 0 Å². The van der Waals surface area contributed by atoms with Gasteiger partial charge in [-0.3, -0.25) is 0 Å². The van der Waals surface area contributed by atoms with Gasteiger partial charge in [-0.15, -0.1) is 0 Å². The number of anilines is 2. The fourth-order valence-corrected chi connectivity index (χ4v) is 1.70. The summed E-state index contributed by atoms with van der Waals surface area (Å²) in [5, 5.41) is 12.1. The van der Waals surface area contributed by atoms with Gasteiger partial charge in [0.25, 0.3) is 0 Å². The molecule has 0 aromatic heterocycles. The minimum Gasteiger partial charge on any atom is -0.393 e. The van der Waals surface area contributed by atoms with Crippen LogP contribution in [0.5, 0.6) is 0 Å². The highest BCUT2D eigenvalue weighted by molar-refractivity contribution is 5.89. The van der Waals surface area contributed by atoms with Crippen molar-refractivity contribution in [3.8, 4) is 0 Å². The monoisotopic (exact) mass is 279 g/mol. The largest absolute Gasteiger partial charge is 0.393 e. The Kier molecular flexibility index (Phi) is 6.31. The zero-order valence-corrected chi connectivity index (χ0v) is 12.8. The molecule has 0 aliphatic heterocycles. The Morgan fingerprint density at radius 2 is 2.10 bits per heavy atom. The molecule has 1 aromatic carbocycles. The number of nitrogens with one attached hydrogen (secondary N) is 1. The van der Waals surface area contributed by atoms with Crippen molar-refractivity contribution in [3.63, 3.8) is 0 Å². The van der Waals surface area contributed by atoms with Crippen LogP contribution in [-0.4, -0.2) is 49.3 Å². The molecule has 1 rings (SSSR count). The number of hydrogen-bond acceptors (Lipinski definition) is 3. The van der Waals surface area contributed by atoms with Gasteiger partial charge >= 0.3 is 6.03 Å². The van der Waals surface area contributed by atoms with E-state index in [1.165, 1.54) is 0 Å². The molecule has 1 aromatic rings. The van der Waals surface area contributed by atoms with Crippen molar-refractivity contribution >= 4 is 17.4 Å². The number of urea groups is 1. The fourth-order valence-electron chi connectivity index (χ4n) is 1.70. The van der Waals surface area contributed by atoms with Crippen LogP contribution in [0.3, 0.4) is 0 Å². The molecular formula is C15H25N3O2. The van der Waals surface area contributed by atoms with Crippen LogP contribution < -0.4 is 10.2 Å². The third-order valence-electron chi connectivity index (χ3n) is 3.24. The molecule has 0 spiro atoms. The van der Waals surface area contributed by atoms with Crippen LogP contribution in [0.25, 0.3) is 0 Å². The maximum atomic E-state index is 12.0. The SMILES string of the molecule is CCN(C)c1cccc(NC(=O)N(C)CC[C@H](C)O)c1. The van der Waals surface area contributed by atoms with Crippen LogP contribution in [0.4, 0.5) is 16.2 Å². The van der Waals surface area contributed by atoms with E-state index in [1.54, 1.807) is 18.9 Å². The molecule has 0 fully saturated rings. The molecule has 5 nitrogen and oxygen atoms in total. The average molecular weight is 279 g/mol. The first-order chi connectivity index (χ1) is 9.43. The van der Waals surface area contributed by atoms with E-state index < -0.39 is 6.10 Å². The van der Waals surface area contributed by atoms with Gasteiger partial charge in [-0.2, -0.15) is 0 Å². The van der Waals surface area contributed by atoms with Crippen LogP contribution in [0.2, 0.25) is 0 Å². The van der Waals surface area contributed by atoms with E-state index in [9.17, 15) is 9.90 Å². The van der Waals surface area contributed by atoms with E-state index >= 15 is 0 Å². The lowest BCUT2D eigenvalue weighted by atomic mass is 10.2. The summed E-state index contributed by atoms with van der Waals surface area (Å²) in [5.41, 5.74) is 1.84. The number of nitrogens with zero attached hydrogens (tertiary/aromatic N) is 2. The van der Waals surface area contributed by atoms with Gasteiger partial charge in [-0.05, 0) is 38.5 Å². The van der Waals surface area contributed by atoms with Gasteiger partial charge in [0.05, 0.1) is 6.10 Å². The second-order valence-corrected chi connectivity index (χ2v) is 5.05. The van der Waals surface area contributed by atoms with Crippen LogP contribution in [-0.2, 0) is 0 Å². The highest BCUT2D eigenvalue weighted by atomic mass is 16.3. The number of aliphatic hydroxyl groups excluding tert-OH is 1. The molecule has 5 heteroatoms. The summed E-state index contributed by atoms with van der Waals surface area (Å²) in [4.78, 5) is 15.7. The van der Waals surface area contributed by atoms with E-state index in [2.05, 4.69) is 17.1 Å². The second kappa shape index (κ2) is 7.75. The minimum absolute atomic E-state index is 0.165. The van der Waals surface area contributed by atoms with Crippen molar-refractivity contribution in [2.45, 2.75) is 26.4 Å². The van der Waals surface area contributed by atoms with Crippen molar-refractivity contribution in [1.82, 2.24) is 4.90 Å². The Morgan fingerprint density at radius 3 is 2.70 bits per heavy atom. The summed E-state index contributed by atoms with van der Waals surface area (Å²) in [5.74, 6) is 0. The first kappa shape index (κ1) is 16.3. The van der Waals surface area contributed by atoms with E-state index in [0.29, 0.717) is 13.0 Å². The number of carbonyl (C=O) groups excluding carboxylic acids is 1. The van der Waals surface area contributed by atoms with Crippen LogP contribution in [0.15, 0.2) is 24.3 Å². The zero-order chi connectivity index (χ0) is 15.1. The number of amides is 2. The molecule has 1 atom stereocenters. The third kappa shape index (κ3) is 5.09. The summed E-state index contributed by atoms with van der Waals surface area (Å²) in [6, 6.07) is 7.59. The quantitative estimate of drug-likeness (QED) is 0.840. The Labute approximate surface area is 121 Å². The van der Waals surface area contributed by atoms with Gasteiger partial charge in [0.1, 0.15) is 0 Å². The number of carbonyl (C=O) groups is 1. The molecule has 112 valence electrons. The first-order valence-corrected chi connectivity index (χ1v) is 6.95. The van der Waals surface area contributed by atoms with Crippen molar-refractivity contribution in [3.05, 3.63) is 24.3 Å². The molecule has 20 heavy (non-hydrogen) atoms. The molecule has 0 saturated heterocycles. The Morgan fingerprint density at radius 1 is 1.40 bits per heavy atom. The van der Waals surface area contributed by atoms with Crippen molar-refractivity contribution in [2.75, 3.05) is 37.4 Å². The van der Waals surface area contributed by atoms with E-state index in [4.69, 9.17) is 0 Å². The molecule has 0 saturated carbocycles. The smallest absolute Gasteiger partial charge is 0.321 e. The molecule has 2 amide bonds. The Bertz CT molecular complexity index is 435. The van der Waals surface area contributed by atoms with Gasteiger partial charge in [-0.25, -0.2) is 4.79 Å². The average Bonchev–Trinajstić information content (AvgIpc) is 2.43. The summed E-state index contributed by atoms with van der Waals surface area (Å²) in [6.07, 6.45) is 0.175. The van der Waals surface area contributed by atoms with Crippen LogP contribution in [0, 0.1) is 0 Å². The van der Waals surface area contributed by atoms with Crippen LogP contribution >= 0.6 is 0 Å². The van der Waals surface area contributed by atoms with Gasteiger partial charge in [-0.1, -0.05) is 6.07 Å². The highest BCUT2D eigenvalue weighted by Crippen LogP contribution is 2.18. The van der Waals surface area contributed by atoms with Gasteiger partial charge < -0.3 is 20.2 Å². The van der Waals surface area contributed by atoms with E-state index in [0.717, 1.165) is 17.9 Å². The lowest BCUT2D eigenvalue weighted by Gasteiger charge is -2.20. The second-order valence-electron chi connectivity index (χ2n) is 5.05. The summed E-state index contributed by atoms with van der Waals surface area (Å²) < 4.78 is 0. The number of aliphatic hydroxyl groups is 1. The summed E-state index contributed by atoms with van der Waals surface area (Å²) >= 11 is 0. The van der Waals surface area contributed by atoms with Crippen LogP contribution in [0.1, 0.15) is 20.3 Å². The number of rotatable bonds is 6. The standard InChI is InChI=1S/C15H25N3O2/c1-5-17(3)14-8-6-7-13(11-14)16-15(20)18(4)10-9-12(2)19/h6-8,11-12,19H,5,9-10H2,1-4H3,(H,16,20)/t12-/m0/s1. The Hall–Kier alpha value is -1.75. The molecule has 0 radical (unpaired) electrons. The maximum absolute atomic E-state index is 12.0. The minimum atomic E-state index is -0.396. The first-order valence-electron chi connectivity index (χ1n) is 6.95. The van der Waals surface area contributed by atoms with Gasteiger partial charge in [0.2, 0.25) is 0 Å². The summed E-state index contributed by atoms with van der Waals surface area (Å²) in [6.45, 7) is 5.23. The molecule has 0 aliphatic carbocycles. The van der Waals surface area contributed by atoms with Crippen molar-refractivity contribution in [2.24, 2.45) is 0 Å². The van der Waals surface area contributed by atoms with E-state index in [1.807, 2.05) is 31.3 Å². The predicted molar refractivity (Wildman–Crippen MR) is 83.3 cm³/mol. The summed E-state index contributed by atoms with van der Waals surface area (Å²) in [7, 11) is 3.73. The normalized spacial score (nSPS) is 11.8. The highest BCUT2D eigenvalue weighted by Gasteiger charge is 2.10. The number of benzene rings is 1. The lowest BCUT2D eigenvalue weighted by Crippen LogP contribution is -2.33. The van der Waals surface area contributed by atoms with E-state index in [-0.39, 0.29) is 6.03 Å². The molecule has 0 unspecified atom stereocenters. The predicted octanol–water partition coefficient (Wildman–Crippen LogP) is 2.38. The van der Waals surface area contributed by atoms with Crippen molar-refractivity contribution < 1.29 is 9.90 Å². The molecule has 0 bridgehead atoms. The topological polar surface area (TPSA) is 55.8 Å². The van der Waals surface area contributed by atoms with Crippen molar-refractivity contribution in [1.29, 1.82) is 0 Å². The lowest BCUT2D eigenvalue weighted by molar-refractivity contribution is 0.167. The molecule has 2 N–H and O–H groups in total. The van der Waals surface area contributed by atoms with Gasteiger partial charge in [0, 0.05) is 38.6 Å². The molecule has 0 aliphatic rings. The third-order valence-corrected chi connectivity index (χ3v) is 3.24.